The highest BCUT2D eigenvalue weighted by Gasteiger charge is 2.00. The van der Waals surface area contributed by atoms with Gasteiger partial charge in [-0.15, -0.1) is 0 Å². The first kappa shape index (κ1) is 15.0. The van der Waals surface area contributed by atoms with Crippen LogP contribution in [0.4, 0.5) is 0 Å². The van der Waals surface area contributed by atoms with Gasteiger partial charge in [-0.2, -0.15) is 0 Å². The topological polar surface area (TPSA) is 35.0 Å². The highest BCUT2D eigenvalue weighted by Crippen LogP contribution is 2.17. The zero-order chi connectivity index (χ0) is 16.1. The van der Waals surface area contributed by atoms with E-state index in [4.69, 9.17) is 4.74 Å². The summed E-state index contributed by atoms with van der Waals surface area (Å²) in [5.41, 5.74) is 5.09. The van der Waals surface area contributed by atoms with E-state index in [0.29, 0.717) is 0 Å². The predicted molar refractivity (Wildman–Crippen MR) is 94.1 cm³/mol. The fourth-order valence-corrected chi connectivity index (χ4v) is 2.18. The van der Waals surface area contributed by atoms with Gasteiger partial charge in [-0.25, -0.2) is 0 Å². The summed E-state index contributed by atoms with van der Waals surface area (Å²) < 4.78 is 5.15. The molecule has 0 fully saturated rings. The van der Waals surface area contributed by atoms with Crippen molar-refractivity contribution in [2.45, 2.75) is 6.92 Å². The number of benzene rings is 1. The van der Waals surface area contributed by atoms with Gasteiger partial charge in [0.15, 0.2) is 0 Å². The summed E-state index contributed by atoms with van der Waals surface area (Å²) in [5, 5.41) is 0. The largest absolute Gasteiger partial charge is 0.497 e. The van der Waals surface area contributed by atoms with E-state index in [1.54, 1.807) is 7.11 Å². The second-order valence-electron chi connectivity index (χ2n) is 5.30. The van der Waals surface area contributed by atoms with Crippen molar-refractivity contribution < 1.29 is 4.74 Å². The Labute approximate surface area is 136 Å². The molecule has 0 aliphatic carbocycles. The van der Waals surface area contributed by atoms with Gasteiger partial charge < -0.3 is 4.74 Å². The number of methoxy groups -OCH3 is 1. The van der Waals surface area contributed by atoms with Gasteiger partial charge in [0.2, 0.25) is 0 Å². The van der Waals surface area contributed by atoms with Crippen molar-refractivity contribution in [3.63, 3.8) is 0 Å². The molecule has 0 aliphatic heterocycles. The van der Waals surface area contributed by atoms with Gasteiger partial charge in [-0.1, -0.05) is 36.4 Å². The Kier molecular flexibility index (Phi) is 4.48. The number of aromatic nitrogens is 2. The van der Waals surface area contributed by atoms with Crippen molar-refractivity contribution in [1.29, 1.82) is 0 Å². The van der Waals surface area contributed by atoms with E-state index in [9.17, 15) is 0 Å². The minimum Gasteiger partial charge on any atom is -0.497 e. The van der Waals surface area contributed by atoms with E-state index in [-0.39, 0.29) is 0 Å². The maximum Gasteiger partial charge on any atom is 0.118 e. The van der Waals surface area contributed by atoms with Crippen molar-refractivity contribution in [2.75, 3.05) is 7.11 Å². The minimum absolute atomic E-state index is 0.860. The zero-order valence-electron chi connectivity index (χ0n) is 13.2. The average Bonchev–Trinajstić information content (AvgIpc) is 2.61. The third-order valence-electron chi connectivity index (χ3n) is 3.54. The molecule has 0 radical (unpaired) electrons. The first-order valence-electron chi connectivity index (χ1n) is 7.46. The molecule has 3 rings (SSSR count). The molecule has 0 spiro atoms. The van der Waals surface area contributed by atoms with E-state index >= 15 is 0 Å². The summed E-state index contributed by atoms with van der Waals surface area (Å²) in [4.78, 5) is 8.88. The molecule has 2 heterocycles. The molecule has 1 aromatic carbocycles. The second-order valence-corrected chi connectivity index (χ2v) is 5.30. The Morgan fingerprint density at radius 1 is 0.739 bits per heavy atom. The molecule has 0 atom stereocenters. The number of hydrogen-bond donors (Lipinski definition) is 0. The lowest BCUT2D eigenvalue weighted by Gasteiger charge is -2.01. The first-order valence-corrected chi connectivity index (χ1v) is 7.46. The summed E-state index contributed by atoms with van der Waals surface area (Å²) >= 11 is 0. The van der Waals surface area contributed by atoms with Gasteiger partial charge in [0.25, 0.3) is 0 Å². The molecule has 2 aromatic heterocycles. The van der Waals surface area contributed by atoms with Crippen LogP contribution in [0.1, 0.15) is 16.7 Å². The Morgan fingerprint density at radius 3 is 1.91 bits per heavy atom. The summed E-state index contributed by atoms with van der Waals surface area (Å²) in [6.45, 7) is 2.03. The standard InChI is InChI=1S/C20H18N2O/c1-15-3-11-19(21-13-15)20-12-8-17(14-22-20)5-4-16-6-9-18(23-2)10-7-16/h3-14H,1-2H3/b5-4+. The summed E-state index contributed by atoms with van der Waals surface area (Å²) in [6.07, 6.45) is 7.81. The maximum absolute atomic E-state index is 5.15. The molecule has 23 heavy (non-hydrogen) atoms. The third kappa shape index (κ3) is 3.83. The predicted octanol–water partition coefficient (Wildman–Crippen LogP) is 4.63. The molecule has 3 heteroatoms. The van der Waals surface area contributed by atoms with Gasteiger partial charge in [0.1, 0.15) is 5.75 Å². The molecule has 114 valence electrons. The van der Waals surface area contributed by atoms with Crippen LogP contribution in [0, 0.1) is 6.92 Å². The van der Waals surface area contributed by atoms with Gasteiger partial charge in [0, 0.05) is 12.4 Å². The SMILES string of the molecule is COc1ccc(/C=C/c2ccc(-c3ccc(C)cn3)nc2)cc1. The lowest BCUT2D eigenvalue weighted by molar-refractivity contribution is 0.415. The first-order chi connectivity index (χ1) is 11.2. The molecule has 0 aliphatic rings. The highest BCUT2D eigenvalue weighted by atomic mass is 16.5. The van der Waals surface area contributed by atoms with Crippen molar-refractivity contribution in [2.24, 2.45) is 0 Å². The Morgan fingerprint density at radius 2 is 1.35 bits per heavy atom. The molecule has 3 aromatic rings. The van der Waals surface area contributed by atoms with Crippen LogP contribution < -0.4 is 4.74 Å². The van der Waals surface area contributed by atoms with Crippen LogP contribution in [-0.2, 0) is 0 Å². The van der Waals surface area contributed by atoms with Gasteiger partial charge in [-0.05, 0) is 47.9 Å². The number of aryl methyl sites for hydroxylation is 1. The summed E-state index contributed by atoms with van der Waals surface area (Å²) in [5.74, 6) is 0.860. The van der Waals surface area contributed by atoms with Crippen LogP contribution in [0.3, 0.4) is 0 Å². The average molecular weight is 302 g/mol. The lowest BCUT2D eigenvalue weighted by Crippen LogP contribution is -1.88. The number of pyridine rings is 2. The number of ether oxygens (including phenoxy) is 1. The fourth-order valence-electron chi connectivity index (χ4n) is 2.18. The van der Waals surface area contributed by atoms with Gasteiger partial charge in [0.05, 0.1) is 18.5 Å². The number of rotatable bonds is 4. The Bertz CT molecular complexity index is 789. The van der Waals surface area contributed by atoms with E-state index in [1.165, 1.54) is 0 Å². The van der Waals surface area contributed by atoms with Crippen LogP contribution in [0.2, 0.25) is 0 Å². The Hall–Kier alpha value is -2.94. The summed E-state index contributed by atoms with van der Waals surface area (Å²) in [7, 11) is 1.67. The van der Waals surface area contributed by atoms with E-state index in [0.717, 1.165) is 33.8 Å². The molecule has 0 saturated carbocycles. The highest BCUT2D eigenvalue weighted by molar-refractivity contribution is 5.70. The van der Waals surface area contributed by atoms with E-state index < -0.39 is 0 Å². The quantitative estimate of drug-likeness (QED) is 0.704. The van der Waals surface area contributed by atoms with Gasteiger partial charge in [-0.3, -0.25) is 9.97 Å². The normalized spacial score (nSPS) is 10.9. The minimum atomic E-state index is 0.860. The van der Waals surface area contributed by atoms with Crippen LogP contribution in [-0.4, -0.2) is 17.1 Å². The molecule has 3 nitrogen and oxygen atoms in total. The molecular weight excluding hydrogens is 284 g/mol. The van der Waals surface area contributed by atoms with Gasteiger partial charge >= 0.3 is 0 Å². The molecule has 0 amide bonds. The molecular formula is C20H18N2O. The van der Waals surface area contributed by atoms with Crippen LogP contribution in [0.5, 0.6) is 5.75 Å². The lowest BCUT2D eigenvalue weighted by atomic mass is 10.1. The van der Waals surface area contributed by atoms with Crippen LogP contribution >= 0.6 is 0 Å². The smallest absolute Gasteiger partial charge is 0.118 e. The van der Waals surface area contributed by atoms with Crippen molar-refractivity contribution in [3.8, 4) is 17.1 Å². The van der Waals surface area contributed by atoms with Crippen LogP contribution in [0.25, 0.3) is 23.5 Å². The van der Waals surface area contributed by atoms with E-state index in [1.807, 2.05) is 73.9 Å². The molecule has 0 N–H and O–H groups in total. The zero-order valence-corrected chi connectivity index (χ0v) is 13.2. The molecule has 0 saturated heterocycles. The van der Waals surface area contributed by atoms with Crippen LogP contribution in [0.15, 0.2) is 60.9 Å². The molecule has 0 bridgehead atoms. The van der Waals surface area contributed by atoms with Crippen molar-refractivity contribution >= 4 is 12.2 Å². The van der Waals surface area contributed by atoms with E-state index in [2.05, 4.69) is 16.0 Å². The second kappa shape index (κ2) is 6.88. The Balaban J connectivity index is 1.73. The molecule has 0 unspecified atom stereocenters. The number of nitrogens with zero attached hydrogens (tertiary/aromatic N) is 2. The fraction of sp³-hybridized carbons (Fsp3) is 0.100. The third-order valence-corrected chi connectivity index (χ3v) is 3.54. The van der Waals surface area contributed by atoms with Crippen molar-refractivity contribution in [3.05, 3.63) is 77.6 Å². The number of hydrogen-bond acceptors (Lipinski definition) is 3. The monoisotopic (exact) mass is 302 g/mol. The maximum atomic E-state index is 5.15. The van der Waals surface area contributed by atoms with Crippen molar-refractivity contribution in [1.82, 2.24) is 9.97 Å². The summed E-state index contributed by atoms with van der Waals surface area (Å²) in [6, 6.07) is 16.0.